The van der Waals surface area contributed by atoms with Crippen LogP contribution in [0.15, 0.2) is 48.8 Å². The minimum atomic E-state index is -0.0405. The average molecular weight is 311 g/mol. The number of nitrogens with two attached hydrogens (primary N) is 1. The molecule has 1 aliphatic heterocycles. The Morgan fingerprint density at radius 3 is 2.74 bits per heavy atom. The summed E-state index contributed by atoms with van der Waals surface area (Å²) in [5.41, 5.74) is 8.34. The van der Waals surface area contributed by atoms with Crippen molar-refractivity contribution >= 4 is 5.91 Å². The van der Waals surface area contributed by atoms with E-state index in [9.17, 15) is 4.79 Å². The Morgan fingerprint density at radius 2 is 2.09 bits per heavy atom. The summed E-state index contributed by atoms with van der Waals surface area (Å²) in [6.07, 6.45) is 3.81. The highest BCUT2D eigenvalue weighted by atomic mass is 16.5. The van der Waals surface area contributed by atoms with Gasteiger partial charge in [-0.15, -0.1) is 0 Å². The van der Waals surface area contributed by atoms with E-state index in [0.717, 1.165) is 16.9 Å². The largest absolute Gasteiger partial charge is 0.497 e. The highest BCUT2D eigenvalue weighted by Gasteiger charge is 2.33. The van der Waals surface area contributed by atoms with E-state index < -0.39 is 0 Å². The number of hydrogen-bond acceptors (Lipinski definition) is 4. The van der Waals surface area contributed by atoms with Crippen LogP contribution in [0.3, 0.4) is 0 Å². The molecule has 23 heavy (non-hydrogen) atoms. The van der Waals surface area contributed by atoms with Crippen LogP contribution < -0.4 is 10.5 Å². The van der Waals surface area contributed by atoms with E-state index in [1.54, 1.807) is 19.5 Å². The fourth-order valence-electron chi connectivity index (χ4n) is 3.03. The van der Waals surface area contributed by atoms with E-state index in [0.29, 0.717) is 19.5 Å². The minimum Gasteiger partial charge on any atom is -0.497 e. The molecule has 1 aliphatic rings. The van der Waals surface area contributed by atoms with E-state index in [1.807, 2.05) is 41.3 Å². The number of pyridine rings is 1. The lowest BCUT2D eigenvalue weighted by atomic mass is 9.95. The molecule has 2 heterocycles. The number of hydrogen-bond donors (Lipinski definition) is 1. The van der Waals surface area contributed by atoms with Crippen molar-refractivity contribution in [3.05, 3.63) is 59.9 Å². The van der Waals surface area contributed by atoms with Crippen molar-refractivity contribution < 1.29 is 9.53 Å². The van der Waals surface area contributed by atoms with Gasteiger partial charge in [-0.3, -0.25) is 9.78 Å². The van der Waals surface area contributed by atoms with Gasteiger partial charge in [-0.1, -0.05) is 18.2 Å². The Morgan fingerprint density at radius 1 is 1.30 bits per heavy atom. The highest BCUT2D eigenvalue weighted by Crippen LogP contribution is 2.28. The normalized spacial score (nSPS) is 20.5. The maximum absolute atomic E-state index is 12.5. The molecule has 2 aromatic rings. The highest BCUT2D eigenvalue weighted by molar-refractivity contribution is 5.79. The van der Waals surface area contributed by atoms with Crippen LogP contribution in [-0.2, 0) is 11.2 Å². The molecule has 3 rings (SSSR count). The molecule has 1 aromatic carbocycles. The van der Waals surface area contributed by atoms with E-state index in [2.05, 4.69) is 4.98 Å². The SMILES string of the molecule is COc1ccc([C@H]2CN(C(=O)Cc3cccnc3)C[C@@H]2N)cc1. The summed E-state index contributed by atoms with van der Waals surface area (Å²) in [6.45, 7) is 1.25. The Labute approximate surface area is 136 Å². The van der Waals surface area contributed by atoms with E-state index in [-0.39, 0.29) is 17.9 Å². The molecule has 2 N–H and O–H groups in total. The zero-order chi connectivity index (χ0) is 16.2. The molecule has 1 aromatic heterocycles. The molecule has 5 nitrogen and oxygen atoms in total. The average Bonchev–Trinajstić information content (AvgIpc) is 2.98. The van der Waals surface area contributed by atoms with Gasteiger partial charge in [0, 0.05) is 37.4 Å². The summed E-state index contributed by atoms with van der Waals surface area (Å²) in [4.78, 5) is 18.4. The topological polar surface area (TPSA) is 68.5 Å². The van der Waals surface area contributed by atoms with Crippen LogP contribution in [0.2, 0.25) is 0 Å². The first-order valence-electron chi connectivity index (χ1n) is 7.73. The summed E-state index contributed by atoms with van der Waals surface area (Å²) >= 11 is 0. The molecular weight excluding hydrogens is 290 g/mol. The van der Waals surface area contributed by atoms with Crippen molar-refractivity contribution in [3.63, 3.8) is 0 Å². The van der Waals surface area contributed by atoms with Gasteiger partial charge in [0.1, 0.15) is 5.75 Å². The number of ether oxygens (including phenoxy) is 1. The molecule has 1 saturated heterocycles. The molecular formula is C18H21N3O2. The zero-order valence-corrected chi connectivity index (χ0v) is 13.2. The maximum Gasteiger partial charge on any atom is 0.227 e. The van der Waals surface area contributed by atoms with Gasteiger partial charge in [-0.05, 0) is 29.3 Å². The van der Waals surface area contributed by atoms with Gasteiger partial charge in [0.2, 0.25) is 5.91 Å². The van der Waals surface area contributed by atoms with Crippen LogP contribution in [0.1, 0.15) is 17.0 Å². The van der Waals surface area contributed by atoms with Crippen LogP contribution in [0.4, 0.5) is 0 Å². The number of amides is 1. The number of benzene rings is 1. The Kier molecular flexibility index (Phi) is 4.57. The molecule has 5 heteroatoms. The number of methoxy groups -OCH3 is 1. The standard InChI is InChI=1S/C18H21N3O2/c1-23-15-6-4-14(5-7-15)16-11-21(12-17(16)19)18(22)9-13-3-2-8-20-10-13/h2-8,10,16-17H,9,11-12,19H2,1H3/t16-,17+/m1/s1. The fraction of sp³-hybridized carbons (Fsp3) is 0.333. The predicted molar refractivity (Wildman–Crippen MR) is 88.2 cm³/mol. The second-order valence-electron chi connectivity index (χ2n) is 5.88. The lowest BCUT2D eigenvalue weighted by Crippen LogP contribution is -2.33. The van der Waals surface area contributed by atoms with E-state index in [1.165, 1.54) is 0 Å². The van der Waals surface area contributed by atoms with Gasteiger partial charge in [0.05, 0.1) is 13.5 Å². The number of rotatable bonds is 4. The molecule has 1 amide bonds. The Bertz CT molecular complexity index is 658. The lowest BCUT2D eigenvalue weighted by Gasteiger charge is -2.16. The second-order valence-corrected chi connectivity index (χ2v) is 5.88. The van der Waals surface area contributed by atoms with Crippen LogP contribution in [0.25, 0.3) is 0 Å². The maximum atomic E-state index is 12.5. The van der Waals surface area contributed by atoms with Gasteiger partial charge in [-0.2, -0.15) is 0 Å². The first-order valence-corrected chi connectivity index (χ1v) is 7.73. The number of nitrogens with zero attached hydrogens (tertiary/aromatic N) is 2. The van der Waals surface area contributed by atoms with Gasteiger partial charge in [0.25, 0.3) is 0 Å². The van der Waals surface area contributed by atoms with Gasteiger partial charge in [-0.25, -0.2) is 0 Å². The van der Waals surface area contributed by atoms with Gasteiger partial charge >= 0.3 is 0 Å². The van der Waals surface area contributed by atoms with E-state index >= 15 is 0 Å². The molecule has 1 fully saturated rings. The second kappa shape index (κ2) is 6.79. The number of aromatic nitrogens is 1. The quantitative estimate of drug-likeness (QED) is 0.931. The Hall–Kier alpha value is -2.40. The van der Waals surface area contributed by atoms with Crippen molar-refractivity contribution in [2.75, 3.05) is 20.2 Å². The van der Waals surface area contributed by atoms with Crippen LogP contribution in [0, 0.1) is 0 Å². The van der Waals surface area contributed by atoms with Crippen molar-refractivity contribution in [2.24, 2.45) is 5.73 Å². The van der Waals surface area contributed by atoms with Crippen LogP contribution in [-0.4, -0.2) is 42.0 Å². The molecule has 0 saturated carbocycles. The molecule has 0 bridgehead atoms. The molecule has 0 unspecified atom stereocenters. The van der Waals surface area contributed by atoms with E-state index in [4.69, 9.17) is 10.5 Å². The molecule has 120 valence electrons. The summed E-state index contributed by atoms with van der Waals surface area (Å²) in [7, 11) is 1.65. The number of carbonyl (C=O) groups excluding carboxylic acids is 1. The third-order valence-corrected chi connectivity index (χ3v) is 4.34. The first kappa shape index (κ1) is 15.5. The first-order chi connectivity index (χ1) is 11.2. The predicted octanol–water partition coefficient (Wildman–Crippen LogP) is 1.59. The van der Waals surface area contributed by atoms with Crippen LogP contribution >= 0.6 is 0 Å². The van der Waals surface area contributed by atoms with Crippen molar-refractivity contribution in [2.45, 2.75) is 18.4 Å². The third-order valence-electron chi connectivity index (χ3n) is 4.34. The Balaban J connectivity index is 1.66. The molecule has 0 aliphatic carbocycles. The molecule has 0 spiro atoms. The van der Waals surface area contributed by atoms with Crippen molar-refractivity contribution in [3.8, 4) is 5.75 Å². The van der Waals surface area contributed by atoms with Gasteiger partial charge in [0.15, 0.2) is 0 Å². The summed E-state index contributed by atoms with van der Waals surface area (Å²) < 4.78 is 5.18. The van der Waals surface area contributed by atoms with Crippen LogP contribution in [0.5, 0.6) is 5.75 Å². The fourth-order valence-corrected chi connectivity index (χ4v) is 3.03. The number of carbonyl (C=O) groups is 1. The third kappa shape index (κ3) is 3.51. The summed E-state index contributed by atoms with van der Waals surface area (Å²) in [5, 5.41) is 0. The van der Waals surface area contributed by atoms with Gasteiger partial charge < -0.3 is 15.4 Å². The minimum absolute atomic E-state index is 0.0405. The molecule has 2 atom stereocenters. The zero-order valence-electron chi connectivity index (χ0n) is 13.2. The number of likely N-dealkylation sites (tertiary alicyclic amines) is 1. The summed E-state index contributed by atoms with van der Waals surface area (Å²) in [5.74, 6) is 1.09. The van der Waals surface area contributed by atoms with Crippen molar-refractivity contribution in [1.82, 2.24) is 9.88 Å². The van der Waals surface area contributed by atoms with Crippen molar-refractivity contribution in [1.29, 1.82) is 0 Å². The summed E-state index contributed by atoms with van der Waals surface area (Å²) in [6, 6.07) is 11.6. The smallest absolute Gasteiger partial charge is 0.227 e. The lowest BCUT2D eigenvalue weighted by molar-refractivity contribution is -0.129. The molecule has 0 radical (unpaired) electrons. The monoisotopic (exact) mass is 311 g/mol.